The summed E-state index contributed by atoms with van der Waals surface area (Å²) in [5, 5.41) is 4.94. The molecule has 0 aliphatic carbocycles. The van der Waals surface area contributed by atoms with E-state index in [2.05, 4.69) is 41.9 Å². The molecular formula is C25H21Br2N3O3. The van der Waals surface area contributed by atoms with Crippen LogP contribution in [0.4, 0.5) is 0 Å². The van der Waals surface area contributed by atoms with E-state index in [0.717, 1.165) is 20.1 Å². The first-order valence-electron chi connectivity index (χ1n) is 10.3. The highest BCUT2D eigenvalue weighted by Gasteiger charge is 2.10. The zero-order valence-electron chi connectivity index (χ0n) is 18.1. The lowest BCUT2D eigenvalue weighted by molar-refractivity contribution is 0.284. The molecule has 0 aliphatic rings. The third kappa shape index (κ3) is 5.34. The van der Waals surface area contributed by atoms with E-state index >= 15 is 0 Å². The Morgan fingerprint density at radius 3 is 2.48 bits per heavy atom. The van der Waals surface area contributed by atoms with Crippen molar-refractivity contribution in [3.8, 4) is 11.5 Å². The fraction of sp³-hybridized carbons (Fsp3) is 0.160. The molecule has 0 aliphatic heterocycles. The molecule has 0 fully saturated rings. The first-order valence-corrected chi connectivity index (χ1v) is 11.9. The van der Waals surface area contributed by atoms with Gasteiger partial charge in [-0.15, -0.1) is 0 Å². The lowest BCUT2D eigenvalue weighted by atomic mass is 10.2. The molecule has 0 radical (unpaired) electrons. The first-order chi connectivity index (χ1) is 16.0. The fourth-order valence-electron chi connectivity index (χ4n) is 3.29. The van der Waals surface area contributed by atoms with Crippen molar-refractivity contribution < 1.29 is 9.47 Å². The Balaban J connectivity index is 1.60. The Morgan fingerprint density at radius 2 is 1.76 bits per heavy atom. The molecule has 1 aromatic heterocycles. The number of aryl methyl sites for hydroxylation is 1. The van der Waals surface area contributed by atoms with Crippen LogP contribution in [0.3, 0.4) is 0 Å². The summed E-state index contributed by atoms with van der Waals surface area (Å²) < 4.78 is 14.6. The van der Waals surface area contributed by atoms with Gasteiger partial charge < -0.3 is 9.47 Å². The van der Waals surface area contributed by atoms with Crippen LogP contribution >= 0.6 is 31.9 Å². The summed E-state index contributed by atoms with van der Waals surface area (Å²) in [4.78, 5) is 17.6. The summed E-state index contributed by atoms with van der Waals surface area (Å²) in [6, 6.07) is 18.9. The Morgan fingerprint density at radius 1 is 1.00 bits per heavy atom. The molecule has 4 aromatic rings. The Hall–Kier alpha value is -2.97. The van der Waals surface area contributed by atoms with Crippen LogP contribution in [0.15, 0.2) is 79.5 Å². The summed E-state index contributed by atoms with van der Waals surface area (Å²) in [5.74, 6) is 1.80. The van der Waals surface area contributed by atoms with Crippen molar-refractivity contribution in [2.45, 2.75) is 20.0 Å². The van der Waals surface area contributed by atoms with Crippen LogP contribution in [-0.4, -0.2) is 23.0 Å². The number of methoxy groups -OCH3 is 1. The topological polar surface area (TPSA) is 65.7 Å². The molecule has 0 bridgehead atoms. The zero-order chi connectivity index (χ0) is 23.4. The molecule has 3 aromatic carbocycles. The fourth-order valence-corrected chi connectivity index (χ4v) is 3.92. The number of ether oxygens (including phenoxy) is 2. The molecule has 168 valence electrons. The van der Waals surface area contributed by atoms with Crippen LogP contribution in [-0.2, 0) is 13.0 Å². The lowest BCUT2D eigenvalue weighted by Gasteiger charge is -2.12. The smallest absolute Gasteiger partial charge is 0.282 e. The van der Waals surface area contributed by atoms with Crippen LogP contribution in [0.2, 0.25) is 0 Å². The Kier molecular flexibility index (Phi) is 7.25. The molecule has 8 heteroatoms. The predicted octanol–water partition coefficient (Wildman–Crippen LogP) is 5.95. The minimum absolute atomic E-state index is 0.212. The summed E-state index contributed by atoms with van der Waals surface area (Å²) in [7, 11) is 1.59. The van der Waals surface area contributed by atoms with Crippen LogP contribution in [0.1, 0.15) is 23.9 Å². The molecule has 6 nitrogen and oxygen atoms in total. The lowest BCUT2D eigenvalue weighted by Crippen LogP contribution is -2.22. The first kappa shape index (κ1) is 23.2. The quantitative estimate of drug-likeness (QED) is 0.257. The van der Waals surface area contributed by atoms with Crippen molar-refractivity contribution in [2.75, 3.05) is 7.11 Å². The third-order valence-electron chi connectivity index (χ3n) is 5.01. The van der Waals surface area contributed by atoms with Gasteiger partial charge in [-0.3, -0.25) is 4.79 Å². The number of halogens is 2. The van der Waals surface area contributed by atoms with Crippen molar-refractivity contribution in [3.63, 3.8) is 0 Å². The van der Waals surface area contributed by atoms with Crippen molar-refractivity contribution in [3.05, 3.63) is 96.9 Å². The second-order valence-corrected chi connectivity index (χ2v) is 9.06. The normalized spacial score (nSPS) is 11.3. The number of aromatic nitrogens is 2. The van der Waals surface area contributed by atoms with Crippen molar-refractivity contribution in [1.82, 2.24) is 9.66 Å². The van der Waals surface area contributed by atoms with Gasteiger partial charge in [-0.25, -0.2) is 4.98 Å². The molecule has 0 amide bonds. The Bertz CT molecular complexity index is 1380. The highest BCUT2D eigenvalue weighted by Crippen LogP contribution is 2.28. The van der Waals surface area contributed by atoms with Gasteiger partial charge in [0.05, 0.1) is 24.2 Å². The average molecular weight is 571 g/mol. The van der Waals surface area contributed by atoms with Gasteiger partial charge in [-0.05, 0) is 59.7 Å². The number of benzene rings is 3. The van der Waals surface area contributed by atoms with Gasteiger partial charge in [-0.1, -0.05) is 50.9 Å². The van der Waals surface area contributed by atoms with Gasteiger partial charge in [0.2, 0.25) is 0 Å². The van der Waals surface area contributed by atoms with Gasteiger partial charge in [0.15, 0.2) is 11.5 Å². The number of hydrogen-bond donors (Lipinski definition) is 0. The van der Waals surface area contributed by atoms with E-state index in [1.165, 1.54) is 4.68 Å². The van der Waals surface area contributed by atoms with Gasteiger partial charge in [0.25, 0.3) is 5.56 Å². The van der Waals surface area contributed by atoms with E-state index < -0.39 is 0 Å². The van der Waals surface area contributed by atoms with E-state index in [0.29, 0.717) is 41.3 Å². The zero-order valence-corrected chi connectivity index (χ0v) is 21.3. The second kappa shape index (κ2) is 10.3. The van der Waals surface area contributed by atoms with Crippen molar-refractivity contribution >= 4 is 49.0 Å². The molecule has 0 saturated carbocycles. The van der Waals surface area contributed by atoms with Crippen LogP contribution in [0.5, 0.6) is 11.5 Å². The molecule has 33 heavy (non-hydrogen) atoms. The molecule has 0 saturated heterocycles. The minimum atomic E-state index is -0.212. The third-order valence-corrected chi connectivity index (χ3v) is 6.03. The monoisotopic (exact) mass is 569 g/mol. The summed E-state index contributed by atoms with van der Waals surface area (Å²) in [6.07, 6.45) is 2.19. The largest absolute Gasteiger partial charge is 0.493 e. The van der Waals surface area contributed by atoms with Gasteiger partial charge >= 0.3 is 0 Å². The molecule has 0 unspecified atom stereocenters. The molecule has 0 spiro atoms. The van der Waals surface area contributed by atoms with E-state index in [9.17, 15) is 4.79 Å². The SMILES string of the molecule is CCc1nc2ccc(Br)cc2c(=O)n1N=Cc1ccc(OCc2ccc(Br)cc2)c(OC)c1. The maximum Gasteiger partial charge on any atom is 0.282 e. The summed E-state index contributed by atoms with van der Waals surface area (Å²) >= 11 is 6.85. The molecule has 1 heterocycles. The van der Waals surface area contributed by atoms with Crippen LogP contribution in [0, 0.1) is 0 Å². The summed E-state index contributed by atoms with van der Waals surface area (Å²) in [5.41, 5.74) is 2.26. The highest BCUT2D eigenvalue weighted by molar-refractivity contribution is 9.10. The minimum Gasteiger partial charge on any atom is -0.493 e. The van der Waals surface area contributed by atoms with E-state index in [-0.39, 0.29) is 5.56 Å². The number of hydrogen-bond acceptors (Lipinski definition) is 5. The van der Waals surface area contributed by atoms with Crippen LogP contribution < -0.4 is 15.0 Å². The van der Waals surface area contributed by atoms with Crippen molar-refractivity contribution in [1.29, 1.82) is 0 Å². The van der Waals surface area contributed by atoms with E-state index in [1.807, 2.05) is 61.5 Å². The van der Waals surface area contributed by atoms with Gasteiger partial charge in [-0.2, -0.15) is 9.78 Å². The number of fused-ring (bicyclic) bond motifs is 1. The summed E-state index contributed by atoms with van der Waals surface area (Å²) in [6.45, 7) is 2.36. The molecule has 0 atom stereocenters. The van der Waals surface area contributed by atoms with E-state index in [4.69, 9.17) is 9.47 Å². The molecule has 4 rings (SSSR count). The molecular weight excluding hydrogens is 550 g/mol. The maximum atomic E-state index is 13.0. The second-order valence-electron chi connectivity index (χ2n) is 7.23. The van der Waals surface area contributed by atoms with E-state index in [1.54, 1.807) is 19.4 Å². The number of rotatable bonds is 7. The van der Waals surface area contributed by atoms with Crippen LogP contribution in [0.25, 0.3) is 10.9 Å². The highest BCUT2D eigenvalue weighted by atomic mass is 79.9. The molecule has 0 N–H and O–H groups in total. The number of nitrogens with zero attached hydrogens (tertiary/aromatic N) is 3. The van der Waals surface area contributed by atoms with Crippen molar-refractivity contribution in [2.24, 2.45) is 5.10 Å². The average Bonchev–Trinajstić information content (AvgIpc) is 2.83. The Labute approximate surface area is 208 Å². The predicted molar refractivity (Wildman–Crippen MR) is 138 cm³/mol. The maximum absolute atomic E-state index is 13.0. The standard InChI is InChI=1S/C25H21Br2N3O3/c1-3-24-29-21-10-9-19(27)13-20(21)25(31)30(24)28-14-17-6-11-22(23(12-17)32-2)33-15-16-4-7-18(26)8-5-16/h4-14H,3,15H2,1-2H3. The van der Waals surface area contributed by atoms with Gasteiger partial charge in [0.1, 0.15) is 12.4 Å². The van der Waals surface area contributed by atoms with Gasteiger partial charge in [0, 0.05) is 15.4 Å².